The molecular formula is C14H23N3O3. The highest BCUT2D eigenvalue weighted by Crippen LogP contribution is 2.34. The predicted octanol–water partition coefficient (Wildman–Crippen LogP) is 1.53. The van der Waals surface area contributed by atoms with Crippen molar-refractivity contribution in [1.82, 2.24) is 5.32 Å². The molecule has 0 spiro atoms. The van der Waals surface area contributed by atoms with E-state index in [0.717, 1.165) is 5.56 Å². The Morgan fingerprint density at radius 3 is 2.15 bits per heavy atom. The van der Waals surface area contributed by atoms with Gasteiger partial charge in [0.1, 0.15) is 5.75 Å². The van der Waals surface area contributed by atoms with Gasteiger partial charge in [-0.1, -0.05) is 0 Å². The summed E-state index contributed by atoms with van der Waals surface area (Å²) in [5, 5.41) is 3.03. The molecule has 112 valence electrons. The predicted molar refractivity (Wildman–Crippen MR) is 79.7 cm³/mol. The number of methoxy groups -OCH3 is 3. The topological polar surface area (TPSA) is 78.1 Å². The largest absolute Gasteiger partial charge is 0.496 e. The maximum absolute atomic E-state index is 5.78. The van der Waals surface area contributed by atoms with Crippen LogP contribution in [0.1, 0.15) is 19.4 Å². The summed E-state index contributed by atoms with van der Waals surface area (Å²) in [5.41, 5.74) is 6.66. The van der Waals surface area contributed by atoms with Gasteiger partial charge >= 0.3 is 0 Å². The van der Waals surface area contributed by atoms with Crippen molar-refractivity contribution >= 4 is 5.96 Å². The van der Waals surface area contributed by atoms with Gasteiger partial charge in [-0.15, -0.1) is 0 Å². The molecule has 6 nitrogen and oxygen atoms in total. The van der Waals surface area contributed by atoms with E-state index in [9.17, 15) is 0 Å². The van der Waals surface area contributed by atoms with Gasteiger partial charge in [0, 0.05) is 17.7 Å². The minimum Gasteiger partial charge on any atom is -0.496 e. The van der Waals surface area contributed by atoms with Crippen LogP contribution in [0.15, 0.2) is 17.1 Å². The van der Waals surface area contributed by atoms with E-state index in [1.165, 1.54) is 0 Å². The third-order valence-corrected chi connectivity index (χ3v) is 2.64. The Labute approximate surface area is 119 Å². The number of nitrogens with zero attached hydrogens (tertiary/aromatic N) is 1. The summed E-state index contributed by atoms with van der Waals surface area (Å²) < 4.78 is 15.8. The maximum Gasteiger partial charge on any atom is 0.189 e. The van der Waals surface area contributed by atoms with Crippen LogP contribution in [0.3, 0.4) is 0 Å². The van der Waals surface area contributed by atoms with E-state index in [0.29, 0.717) is 29.8 Å². The highest BCUT2D eigenvalue weighted by atomic mass is 16.5. The second kappa shape index (κ2) is 7.47. The smallest absolute Gasteiger partial charge is 0.189 e. The lowest BCUT2D eigenvalue weighted by molar-refractivity contribution is 0.347. The molecule has 0 aliphatic heterocycles. The first-order valence-corrected chi connectivity index (χ1v) is 6.37. The fraction of sp³-hybridized carbons (Fsp3) is 0.500. The molecule has 0 saturated carbocycles. The van der Waals surface area contributed by atoms with Gasteiger partial charge in [-0.3, -0.25) is 0 Å². The van der Waals surface area contributed by atoms with Crippen LogP contribution in [0.25, 0.3) is 0 Å². The molecule has 6 heteroatoms. The summed E-state index contributed by atoms with van der Waals surface area (Å²) in [6.45, 7) is 4.40. The zero-order chi connectivity index (χ0) is 15.1. The molecule has 0 atom stereocenters. The zero-order valence-corrected chi connectivity index (χ0v) is 12.7. The van der Waals surface area contributed by atoms with Crippen molar-refractivity contribution in [2.24, 2.45) is 10.7 Å². The lowest BCUT2D eigenvalue weighted by Gasteiger charge is -2.13. The van der Waals surface area contributed by atoms with Crippen molar-refractivity contribution in [1.29, 1.82) is 0 Å². The Bertz CT molecular complexity index is 473. The molecule has 1 aromatic rings. The Balaban J connectivity index is 2.99. The summed E-state index contributed by atoms with van der Waals surface area (Å²) >= 11 is 0. The Morgan fingerprint density at radius 2 is 1.65 bits per heavy atom. The normalized spacial score (nSPS) is 11.4. The van der Waals surface area contributed by atoms with Crippen LogP contribution in [0.4, 0.5) is 0 Å². The molecule has 0 saturated heterocycles. The number of hydrogen-bond acceptors (Lipinski definition) is 4. The number of rotatable bonds is 6. The molecule has 1 rings (SSSR count). The Kier molecular flexibility index (Phi) is 5.96. The summed E-state index contributed by atoms with van der Waals surface area (Å²) in [6.07, 6.45) is 0. The molecule has 3 N–H and O–H groups in total. The summed E-state index contributed by atoms with van der Waals surface area (Å²) in [7, 11) is 4.77. The maximum atomic E-state index is 5.78. The monoisotopic (exact) mass is 281 g/mol. The number of hydrogen-bond donors (Lipinski definition) is 2. The highest BCUT2D eigenvalue weighted by Gasteiger charge is 2.11. The first-order valence-electron chi connectivity index (χ1n) is 6.37. The van der Waals surface area contributed by atoms with Crippen LogP contribution < -0.4 is 25.3 Å². The zero-order valence-electron chi connectivity index (χ0n) is 12.7. The van der Waals surface area contributed by atoms with Crippen molar-refractivity contribution in [3.05, 3.63) is 17.7 Å². The van der Waals surface area contributed by atoms with Crippen molar-refractivity contribution in [2.75, 3.05) is 21.3 Å². The van der Waals surface area contributed by atoms with Crippen molar-refractivity contribution in [2.45, 2.75) is 26.4 Å². The molecule has 0 fully saturated rings. The lowest BCUT2D eigenvalue weighted by atomic mass is 10.1. The van der Waals surface area contributed by atoms with E-state index in [4.69, 9.17) is 19.9 Å². The van der Waals surface area contributed by atoms with Gasteiger partial charge in [-0.05, 0) is 19.9 Å². The fourth-order valence-corrected chi connectivity index (χ4v) is 1.73. The fourth-order valence-electron chi connectivity index (χ4n) is 1.73. The first kappa shape index (κ1) is 15.9. The van der Waals surface area contributed by atoms with Crippen LogP contribution in [-0.2, 0) is 6.54 Å². The average Bonchev–Trinajstić information content (AvgIpc) is 2.43. The molecule has 0 heterocycles. The standard InChI is InChI=1S/C14H23N3O3/c1-9(2)17-14(15)16-8-10-6-12(19-4)13(20-5)7-11(10)18-3/h6-7,9H,8H2,1-5H3,(H3,15,16,17). The van der Waals surface area contributed by atoms with Gasteiger partial charge in [0.2, 0.25) is 0 Å². The van der Waals surface area contributed by atoms with Gasteiger partial charge < -0.3 is 25.3 Å². The van der Waals surface area contributed by atoms with Crippen molar-refractivity contribution < 1.29 is 14.2 Å². The molecule has 0 amide bonds. The molecule has 0 radical (unpaired) electrons. The number of aliphatic imine (C=N–C) groups is 1. The second-order valence-corrected chi connectivity index (χ2v) is 4.52. The quantitative estimate of drug-likeness (QED) is 0.610. The van der Waals surface area contributed by atoms with Gasteiger partial charge in [0.05, 0.1) is 27.9 Å². The molecule has 0 aliphatic carbocycles. The van der Waals surface area contributed by atoms with Gasteiger partial charge in [-0.25, -0.2) is 4.99 Å². The summed E-state index contributed by atoms with van der Waals surface area (Å²) in [4.78, 5) is 4.28. The molecule has 20 heavy (non-hydrogen) atoms. The van der Waals surface area contributed by atoms with Crippen LogP contribution in [0.2, 0.25) is 0 Å². The summed E-state index contributed by atoms with van der Waals surface area (Å²) in [6, 6.07) is 3.85. The van der Waals surface area contributed by atoms with E-state index in [-0.39, 0.29) is 6.04 Å². The van der Waals surface area contributed by atoms with Crippen LogP contribution in [-0.4, -0.2) is 33.3 Å². The molecule has 0 bridgehead atoms. The SMILES string of the molecule is COc1cc(OC)c(OC)cc1CN=C(N)NC(C)C. The highest BCUT2D eigenvalue weighted by molar-refractivity contribution is 5.78. The molecule has 0 unspecified atom stereocenters. The number of benzene rings is 1. The number of ether oxygens (including phenoxy) is 3. The first-order chi connectivity index (χ1) is 9.51. The Hall–Kier alpha value is -2.11. The molecule has 0 aromatic heterocycles. The third-order valence-electron chi connectivity index (χ3n) is 2.64. The minimum atomic E-state index is 0.242. The van der Waals surface area contributed by atoms with Gasteiger partial charge in [0.15, 0.2) is 17.5 Å². The van der Waals surface area contributed by atoms with E-state index >= 15 is 0 Å². The molecule has 1 aromatic carbocycles. The van der Waals surface area contributed by atoms with Gasteiger partial charge in [-0.2, -0.15) is 0 Å². The van der Waals surface area contributed by atoms with Gasteiger partial charge in [0.25, 0.3) is 0 Å². The van der Waals surface area contributed by atoms with Crippen molar-refractivity contribution in [3.63, 3.8) is 0 Å². The average molecular weight is 281 g/mol. The van der Waals surface area contributed by atoms with E-state index in [2.05, 4.69) is 10.3 Å². The number of nitrogens with one attached hydrogen (secondary N) is 1. The molecular weight excluding hydrogens is 258 g/mol. The third kappa shape index (κ3) is 4.22. The van der Waals surface area contributed by atoms with E-state index < -0.39 is 0 Å². The van der Waals surface area contributed by atoms with Crippen LogP contribution in [0.5, 0.6) is 17.2 Å². The van der Waals surface area contributed by atoms with E-state index in [1.807, 2.05) is 19.9 Å². The summed E-state index contributed by atoms with van der Waals surface area (Å²) in [5.74, 6) is 2.33. The Morgan fingerprint density at radius 1 is 1.10 bits per heavy atom. The van der Waals surface area contributed by atoms with Crippen LogP contribution >= 0.6 is 0 Å². The van der Waals surface area contributed by atoms with E-state index in [1.54, 1.807) is 27.4 Å². The lowest BCUT2D eigenvalue weighted by Crippen LogP contribution is -2.36. The second-order valence-electron chi connectivity index (χ2n) is 4.52. The number of guanidine groups is 1. The number of nitrogens with two attached hydrogens (primary N) is 1. The minimum absolute atomic E-state index is 0.242. The van der Waals surface area contributed by atoms with Crippen molar-refractivity contribution in [3.8, 4) is 17.2 Å². The van der Waals surface area contributed by atoms with Crippen LogP contribution in [0, 0.1) is 0 Å². The molecule has 0 aliphatic rings.